The molecule has 3 fully saturated rings. The van der Waals surface area contributed by atoms with Crippen molar-refractivity contribution in [2.24, 2.45) is 23.7 Å². The molecule has 1 N–H and O–H groups in total. The molecule has 0 aromatic heterocycles. The molecule has 5 nitrogen and oxygen atoms in total. The van der Waals surface area contributed by atoms with Crippen LogP contribution >= 0.6 is 0 Å². The van der Waals surface area contributed by atoms with Crippen molar-refractivity contribution in [3.8, 4) is 0 Å². The first-order valence-electron chi connectivity index (χ1n) is 9.12. The Bertz CT molecular complexity index is 499. The minimum absolute atomic E-state index is 0.138. The highest BCUT2D eigenvalue weighted by Gasteiger charge is 2.41. The zero-order valence-electron chi connectivity index (χ0n) is 15.3. The lowest BCUT2D eigenvalue weighted by Crippen LogP contribution is -2.37. The first-order chi connectivity index (χ1) is 11.3. The summed E-state index contributed by atoms with van der Waals surface area (Å²) in [6.07, 6.45) is 6.21. The number of hydrogen-bond acceptors (Lipinski definition) is 3. The molecule has 0 spiro atoms. The van der Waals surface area contributed by atoms with E-state index in [1.54, 1.807) is 13.8 Å². The number of nitrogens with one attached hydrogen (secondary N) is 1. The van der Waals surface area contributed by atoms with Crippen molar-refractivity contribution in [1.29, 1.82) is 0 Å². The van der Waals surface area contributed by atoms with E-state index >= 15 is 0 Å². The Labute approximate surface area is 144 Å². The molecule has 0 radical (unpaired) electrons. The van der Waals surface area contributed by atoms with E-state index in [-0.39, 0.29) is 29.6 Å². The van der Waals surface area contributed by atoms with E-state index in [4.69, 9.17) is 0 Å². The Morgan fingerprint density at radius 3 is 1.67 bits per heavy atom. The van der Waals surface area contributed by atoms with E-state index < -0.39 is 0 Å². The number of imide groups is 1. The summed E-state index contributed by atoms with van der Waals surface area (Å²) in [7, 11) is 0. The van der Waals surface area contributed by atoms with Crippen LogP contribution in [0.2, 0.25) is 0 Å². The molecule has 0 bridgehead atoms. The summed E-state index contributed by atoms with van der Waals surface area (Å²) < 4.78 is 0. The van der Waals surface area contributed by atoms with E-state index in [1.165, 1.54) is 32.1 Å². The Morgan fingerprint density at radius 1 is 0.833 bits per heavy atom. The third-order valence-corrected chi connectivity index (χ3v) is 5.98. The third-order valence-electron chi connectivity index (χ3n) is 5.98. The Hall–Kier alpha value is -1.65. The highest BCUT2D eigenvalue weighted by molar-refractivity contribution is 6.04. The number of likely N-dealkylation sites (tertiary alicyclic amines) is 1. The van der Waals surface area contributed by atoms with Gasteiger partial charge in [0.25, 0.3) is 0 Å². The zero-order chi connectivity index (χ0) is 18.0. The molecule has 2 saturated heterocycles. The van der Waals surface area contributed by atoms with Gasteiger partial charge in [-0.05, 0) is 12.8 Å². The lowest BCUT2D eigenvalue weighted by atomic mass is 9.94. The van der Waals surface area contributed by atoms with Crippen molar-refractivity contribution in [2.45, 2.75) is 65.8 Å². The molecule has 4 unspecified atom stereocenters. The maximum absolute atomic E-state index is 12.1. The van der Waals surface area contributed by atoms with Crippen LogP contribution in [-0.2, 0) is 14.4 Å². The predicted octanol–water partition coefficient (Wildman–Crippen LogP) is 2.86. The molecule has 1 saturated carbocycles. The van der Waals surface area contributed by atoms with E-state index in [0.717, 1.165) is 5.70 Å². The van der Waals surface area contributed by atoms with Crippen LogP contribution in [0.1, 0.15) is 59.8 Å². The average Bonchev–Trinajstić information content (AvgIpc) is 2.91. The molecule has 0 aromatic rings. The van der Waals surface area contributed by atoms with E-state index in [9.17, 15) is 14.4 Å². The van der Waals surface area contributed by atoms with Gasteiger partial charge in [-0.15, -0.1) is 0 Å². The van der Waals surface area contributed by atoms with Crippen molar-refractivity contribution in [3.63, 3.8) is 0 Å². The molecule has 2 heterocycles. The molecule has 3 rings (SSSR count). The molecule has 2 aliphatic heterocycles. The van der Waals surface area contributed by atoms with Gasteiger partial charge in [-0.2, -0.15) is 0 Å². The van der Waals surface area contributed by atoms with Crippen molar-refractivity contribution < 1.29 is 14.4 Å². The smallest absolute Gasteiger partial charge is 0.230 e. The third kappa shape index (κ3) is 3.55. The summed E-state index contributed by atoms with van der Waals surface area (Å²) in [5, 5.41) is 2.24. The maximum Gasteiger partial charge on any atom is 0.230 e. The molecule has 134 valence electrons. The van der Waals surface area contributed by atoms with Gasteiger partial charge in [0.15, 0.2) is 0 Å². The van der Waals surface area contributed by atoms with Crippen LogP contribution in [0.3, 0.4) is 0 Å². The lowest BCUT2D eigenvalue weighted by molar-refractivity contribution is -0.132. The average molecular weight is 334 g/mol. The van der Waals surface area contributed by atoms with Crippen molar-refractivity contribution in [3.05, 3.63) is 12.3 Å². The molecule has 5 heteroatoms. The van der Waals surface area contributed by atoms with Crippen molar-refractivity contribution in [2.75, 3.05) is 0 Å². The number of hydrogen-bond donors (Lipinski definition) is 1. The Kier molecular flexibility index (Phi) is 5.83. The molecular weight excluding hydrogens is 304 g/mol. The summed E-state index contributed by atoms with van der Waals surface area (Å²) >= 11 is 0. The summed E-state index contributed by atoms with van der Waals surface area (Å²) in [5.41, 5.74) is 1.06. The van der Waals surface area contributed by atoms with Crippen LogP contribution in [-0.4, -0.2) is 28.7 Å². The monoisotopic (exact) mass is 334 g/mol. The van der Waals surface area contributed by atoms with Crippen LogP contribution in [0.15, 0.2) is 12.3 Å². The van der Waals surface area contributed by atoms with Gasteiger partial charge >= 0.3 is 0 Å². The maximum atomic E-state index is 12.1. The summed E-state index contributed by atoms with van der Waals surface area (Å²) in [6, 6.07) is 0.450. The fourth-order valence-corrected chi connectivity index (χ4v) is 3.64. The number of amides is 3. The number of nitrogens with zero attached hydrogens (tertiary/aromatic N) is 1. The highest BCUT2D eigenvalue weighted by Crippen LogP contribution is 2.37. The zero-order valence-corrected chi connectivity index (χ0v) is 15.3. The van der Waals surface area contributed by atoms with Crippen molar-refractivity contribution >= 4 is 17.7 Å². The minimum atomic E-state index is -0.146. The van der Waals surface area contributed by atoms with Gasteiger partial charge in [-0.25, -0.2) is 0 Å². The van der Waals surface area contributed by atoms with Crippen molar-refractivity contribution in [1.82, 2.24) is 10.2 Å². The van der Waals surface area contributed by atoms with Gasteiger partial charge in [0.05, 0.1) is 0 Å². The van der Waals surface area contributed by atoms with Crippen LogP contribution < -0.4 is 5.32 Å². The van der Waals surface area contributed by atoms with E-state index in [1.807, 2.05) is 11.8 Å². The molecule has 3 aliphatic rings. The largest absolute Gasteiger partial charge is 0.313 e. The topological polar surface area (TPSA) is 66.5 Å². The first kappa shape index (κ1) is 18.7. The van der Waals surface area contributed by atoms with Gasteiger partial charge in [-0.1, -0.05) is 53.5 Å². The second kappa shape index (κ2) is 7.49. The lowest BCUT2D eigenvalue weighted by Gasteiger charge is -2.32. The number of rotatable bonds is 1. The summed E-state index contributed by atoms with van der Waals surface area (Å²) in [4.78, 5) is 35.4. The normalized spacial score (nSPS) is 34.2. The molecule has 3 amide bonds. The fraction of sp³-hybridized carbons (Fsp3) is 0.737. The van der Waals surface area contributed by atoms with Gasteiger partial charge < -0.3 is 4.90 Å². The number of allylic oxidation sites excluding steroid dienone is 1. The fourth-order valence-electron chi connectivity index (χ4n) is 3.64. The van der Waals surface area contributed by atoms with Gasteiger partial charge in [-0.3, -0.25) is 19.7 Å². The second-order valence-electron chi connectivity index (χ2n) is 7.50. The van der Waals surface area contributed by atoms with Crippen LogP contribution in [0.25, 0.3) is 0 Å². The van der Waals surface area contributed by atoms with Crippen LogP contribution in [0, 0.1) is 23.7 Å². The minimum Gasteiger partial charge on any atom is -0.313 e. The standard InChI is InChI=1S/C13H21NO.C6H9NO2/c1-9-10(2)13(15)14(11(9)3)12-7-5-4-6-8-12;1-3-4(2)6(9)7-5(3)8/h9-10,12H,3-8H2,1-2H3;3-4H,1-2H3,(H,7,8,9). The Balaban J connectivity index is 0.000000198. The molecule has 1 aliphatic carbocycles. The number of carbonyl (C=O) groups is 3. The summed E-state index contributed by atoms with van der Waals surface area (Å²) in [5.74, 6) is 0.202. The van der Waals surface area contributed by atoms with Crippen LogP contribution in [0.4, 0.5) is 0 Å². The second-order valence-corrected chi connectivity index (χ2v) is 7.50. The van der Waals surface area contributed by atoms with Gasteiger partial charge in [0, 0.05) is 35.4 Å². The predicted molar refractivity (Wildman–Crippen MR) is 92.7 cm³/mol. The molecule has 24 heavy (non-hydrogen) atoms. The SMILES string of the molecule is C=C1C(C)C(C)C(=O)N1C1CCCCC1.CC1C(=O)NC(=O)C1C. The van der Waals surface area contributed by atoms with Gasteiger partial charge in [0.2, 0.25) is 17.7 Å². The van der Waals surface area contributed by atoms with Gasteiger partial charge in [0.1, 0.15) is 0 Å². The molecule has 4 atom stereocenters. The van der Waals surface area contributed by atoms with E-state index in [0.29, 0.717) is 17.9 Å². The number of carbonyl (C=O) groups excluding carboxylic acids is 3. The van der Waals surface area contributed by atoms with E-state index in [2.05, 4.69) is 18.8 Å². The Morgan fingerprint density at radius 2 is 1.33 bits per heavy atom. The first-order valence-corrected chi connectivity index (χ1v) is 9.12. The quantitative estimate of drug-likeness (QED) is 0.750. The molecule has 0 aromatic carbocycles. The molecular formula is C19H30N2O3. The summed E-state index contributed by atoms with van der Waals surface area (Å²) in [6.45, 7) is 11.8. The van der Waals surface area contributed by atoms with Crippen LogP contribution in [0.5, 0.6) is 0 Å². The highest BCUT2D eigenvalue weighted by atomic mass is 16.2.